The van der Waals surface area contributed by atoms with Gasteiger partial charge in [-0.1, -0.05) is 42.5 Å². The molecular formula is C16H17F2NO2. The van der Waals surface area contributed by atoms with Crippen molar-refractivity contribution in [1.82, 2.24) is 5.32 Å². The quantitative estimate of drug-likeness (QED) is 0.767. The highest BCUT2D eigenvalue weighted by atomic mass is 19.3. The average molecular weight is 293 g/mol. The second-order valence-corrected chi connectivity index (χ2v) is 4.75. The zero-order valence-electron chi connectivity index (χ0n) is 11.3. The maximum atomic E-state index is 12.4. The maximum Gasteiger partial charge on any atom is 0.265 e. The van der Waals surface area contributed by atoms with Crippen molar-refractivity contribution in [2.24, 2.45) is 0 Å². The maximum absolute atomic E-state index is 12.4. The molecule has 0 radical (unpaired) electrons. The Labute approximate surface area is 121 Å². The molecule has 112 valence electrons. The van der Waals surface area contributed by atoms with Gasteiger partial charge in [0.1, 0.15) is 11.9 Å². The van der Waals surface area contributed by atoms with E-state index in [4.69, 9.17) is 0 Å². The van der Waals surface area contributed by atoms with Crippen LogP contribution >= 0.6 is 0 Å². The van der Waals surface area contributed by atoms with Gasteiger partial charge in [-0.25, -0.2) is 8.78 Å². The number of rotatable bonds is 6. The van der Waals surface area contributed by atoms with Crippen molar-refractivity contribution in [2.45, 2.75) is 18.6 Å². The summed E-state index contributed by atoms with van der Waals surface area (Å²) in [7, 11) is 0. The van der Waals surface area contributed by atoms with E-state index in [1.807, 2.05) is 30.3 Å². The van der Waals surface area contributed by atoms with Gasteiger partial charge in [0.2, 0.25) is 0 Å². The molecule has 5 heteroatoms. The summed E-state index contributed by atoms with van der Waals surface area (Å²) >= 11 is 0. The topological polar surface area (TPSA) is 52.5 Å². The largest absolute Gasteiger partial charge is 0.508 e. The molecule has 2 unspecified atom stereocenters. The smallest absolute Gasteiger partial charge is 0.265 e. The minimum Gasteiger partial charge on any atom is -0.508 e. The number of aromatic hydroxyl groups is 1. The molecule has 3 nitrogen and oxygen atoms in total. The molecule has 2 rings (SSSR count). The second-order valence-electron chi connectivity index (χ2n) is 4.75. The van der Waals surface area contributed by atoms with Crippen molar-refractivity contribution in [2.75, 3.05) is 6.54 Å². The first-order valence-electron chi connectivity index (χ1n) is 6.61. The van der Waals surface area contributed by atoms with Gasteiger partial charge in [0.25, 0.3) is 6.43 Å². The van der Waals surface area contributed by atoms with E-state index in [0.29, 0.717) is 0 Å². The zero-order chi connectivity index (χ0) is 15.2. The number of hydrogen-bond donors (Lipinski definition) is 3. The zero-order valence-corrected chi connectivity index (χ0v) is 11.3. The Balaban J connectivity index is 2.20. The average Bonchev–Trinajstić information content (AvgIpc) is 2.50. The van der Waals surface area contributed by atoms with Gasteiger partial charge in [-0.2, -0.15) is 0 Å². The predicted octanol–water partition coefficient (Wildman–Crippen LogP) is 2.70. The van der Waals surface area contributed by atoms with Gasteiger partial charge in [0.15, 0.2) is 0 Å². The van der Waals surface area contributed by atoms with Crippen LogP contribution in [0.3, 0.4) is 0 Å². The second kappa shape index (κ2) is 7.15. The number of alkyl halides is 2. The third-order valence-corrected chi connectivity index (χ3v) is 3.18. The highest BCUT2D eigenvalue weighted by Crippen LogP contribution is 2.23. The number of benzene rings is 2. The first kappa shape index (κ1) is 15.4. The van der Waals surface area contributed by atoms with Crippen LogP contribution in [0.4, 0.5) is 8.78 Å². The number of aliphatic hydroxyl groups is 1. The van der Waals surface area contributed by atoms with Gasteiger partial charge in [-0.3, -0.25) is 0 Å². The van der Waals surface area contributed by atoms with Crippen molar-refractivity contribution < 1.29 is 19.0 Å². The van der Waals surface area contributed by atoms with E-state index < -0.39 is 12.5 Å². The molecule has 0 aliphatic heterocycles. The van der Waals surface area contributed by atoms with Gasteiger partial charge < -0.3 is 15.5 Å². The Morgan fingerprint density at radius 3 is 2.05 bits per heavy atom. The molecule has 21 heavy (non-hydrogen) atoms. The molecule has 2 aromatic rings. The van der Waals surface area contributed by atoms with E-state index in [-0.39, 0.29) is 18.3 Å². The fraction of sp³-hybridized carbons (Fsp3) is 0.250. The molecule has 3 N–H and O–H groups in total. The van der Waals surface area contributed by atoms with Crippen molar-refractivity contribution in [3.05, 3.63) is 65.7 Å². The summed E-state index contributed by atoms with van der Waals surface area (Å²) in [6.07, 6.45) is -4.50. The van der Waals surface area contributed by atoms with Crippen molar-refractivity contribution >= 4 is 0 Å². The molecule has 0 bridgehead atoms. The molecule has 2 atom stereocenters. The van der Waals surface area contributed by atoms with E-state index in [1.54, 1.807) is 12.1 Å². The van der Waals surface area contributed by atoms with Crippen LogP contribution in [-0.4, -0.2) is 29.3 Å². The van der Waals surface area contributed by atoms with Crippen LogP contribution in [0.25, 0.3) is 0 Å². The van der Waals surface area contributed by atoms with Gasteiger partial charge in [-0.15, -0.1) is 0 Å². The van der Waals surface area contributed by atoms with E-state index in [2.05, 4.69) is 5.32 Å². The third kappa shape index (κ3) is 4.24. The van der Waals surface area contributed by atoms with Gasteiger partial charge in [-0.05, 0) is 23.3 Å². The summed E-state index contributed by atoms with van der Waals surface area (Å²) in [6, 6.07) is 15.5. The lowest BCUT2D eigenvalue weighted by Gasteiger charge is -2.21. The first-order chi connectivity index (χ1) is 10.1. The van der Waals surface area contributed by atoms with E-state index in [9.17, 15) is 19.0 Å². The van der Waals surface area contributed by atoms with Crippen LogP contribution < -0.4 is 5.32 Å². The molecule has 0 amide bonds. The van der Waals surface area contributed by atoms with E-state index in [1.165, 1.54) is 12.1 Å². The summed E-state index contributed by atoms with van der Waals surface area (Å²) in [5.74, 6) is 0.137. The van der Waals surface area contributed by atoms with E-state index in [0.717, 1.165) is 11.1 Å². The molecule has 0 saturated carbocycles. The van der Waals surface area contributed by atoms with Crippen LogP contribution in [0, 0.1) is 0 Å². The molecule has 0 aliphatic rings. The lowest BCUT2D eigenvalue weighted by molar-refractivity contribution is -0.00411. The predicted molar refractivity (Wildman–Crippen MR) is 76.4 cm³/mol. The van der Waals surface area contributed by atoms with Crippen molar-refractivity contribution in [1.29, 1.82) is 0 Å². The molecule has 2 aromatic carbocycles. The Morgan fingerprint density at radius 2 is 1.48 bits per heavy atom. The minimum atomic E-state index is -2.78. The van der Waals surface area contributed by atoms with Crippen LogP contribution in [0.1, 0.15) is 17.2 Å². The van der Waals surface area contributed by atoms with Gasteiger partial charge in [0, 0.05) is 6.54 Å². The Bertz CT molecular complexity index is 546. The summed E-state index contributed by atoms with van der Waals surface area (Å²) in [5, 5.41) is 21.5. The first-order valence-corrected chi connectivity index (χ1v) is 6.61. The molecule has 0 fully saturated rings. The lowest BCUT2D eigenvalue weighted by Crippen LogP contribution is -2.34. The number of hydrogen-bond acceptors (Lipinski definition) is 3. The third-order valence-electron chi connectivity index (χ3n) is 3.18. The molecular weight excluding hydrogens is 276 g/mol. The number of aliphatic hydroxyl groups excluding tert-OH is 1. The fourth-order valence-corrected chi connectivity index (χ4v) is 2.07. The normalized spacial score (nSPS) is 14.1. The van der Waals surface area contributed by atoms with Gasteiger partial charge >= 0.3 is 0 Å². The number of phenolic OH excluding ortho intramolecular Hbond substituents is 1. The van der Waals surface area contributed by atoms with Crippen molar-refractivity contribution in [3.8, 4) is 5.75 Å². The van der Waals surface area contributed by atoms with E-state index >= 15 is 0 Å². The summed E-state index contributed by atoms with van der Waals surface area (Å²) < 4.78 is 24.8. The Hall–Kier alpha value is -1.98. The van der Waals surface area contributed by atoms with Crippen LogP contribution in [0.5, 0.6) is 5.75 Å². The molecule has 0 spiro atoms. The summed E-state index contributed by atoms with van der Waals surface area (Å²) in [4.78, 5) is 0. The SMILES string of the molecule is Oc1ccc(C(NCC(O)C(F)F)c2ccccc2)cc1. The number of phenols is 1. The van der Waals surface area contributed by atoms with Crippen LogP contribution in [0.2, 0.25) is 0 Å². The molecule has 0 aromatic heterocycles. The van der Waals surface area contributed by atoms with Crippen LogP contribution in [0.15, 0.2) is 54.6 Å². The number of nitrogens with one attached hydrogen (secondary N) is 1. The minimum absolute atomic E-state index is 0.137. The fourth-order valence-electron chi connectivity index (χ4n) is 2.07. The Kier molecular flexibility index (Phi) is 5.25. The monoisotopic (exact) mass is 293 g/mol. The lowest BCUT2D eigenvalue weighted by atomic mass is 9.98. The molecule has 0 aliphatic carbocycles. The standard InChI is InChI=1S/C16H17F2NO2/c17-16(18)14(21)10-19-15(11-4-2-1-3-5-11)12-6-8-13(20)9-7-12/h1-9,14-16,19-21H,10H2. The Morgan fingerprint density at radius 1 is 0.905 bits per heavy atom. The van der Waals surface area contributed by atoms with Gasteiger partial charge in [0.05, 0.1) is 6.04 Å². The highest BCUT2D eigenvalue weighted by molar-refractivity contribution is 5.34. The number of halogens is 2. The van der Waals surface area contributed by atoms with Crippen LogP contribution in [-0.2, 0) is 0 Å². The van der Waals surface area contributed by atoms with Crippen molar-refractivity contribution in [3.63, 3.8) is 0 Å². The molecule has 0 saturated heterocycles. The summed E-state index contributed by atoms with van der Waals surface area (Å²) in [6.45, 7) is -0.224. The molecule has 0 heterocycles. The highest BCUT2D eigenvalue weighted by Gasteiger charge is 2.20. The summed E-state index contributed by atoms with van der Waals surface area (Å²) in [5.41, 5.74) is 1.71.